The number of hydrogen-bond donors (Lipinski definition) is 0. The summed E-state index contributed by atoms with van der Waals surface area (Å²) in [4.78, 5) is 23.8. The number of ether oxygens (including phenoxy) is 2. The zero-order valence-electron chi connectivity index (χ0n) is 11.6. The lowest BCUT2D eigenvalue weighted by molar-refractivity contribution is 0.0516. The van der Waals surface area contributed by atoms with Crippen LogP contribution in [0.3, 0.4) is 0 Å². The zero-order chi connectivity index (χ0) is 15.4. The number of carbonyl (C=O) groups is 2. The third-order valence-electron chi connectivity index (χ3n) is 2.84. The minimum absolute atomic E-state index is 0.159. The molecule has 1 aromatic carbocycles. The van der Waals surface area contributed by atoms with E-state index >= 15 is 0 Å². The molecular weight excluding hydrogens is 277 g/mol. The second-order valence-electron chi connectivity index (χ2n) is 4.13. The van der Waals surface area contributed by atoms with Gasteiger partial charge in [0.15, 0.2) is 0 Å². The van der Waals surface area contributed by atoms with Gasteiger partial charge in [0, 0.05) is 5.69 Å². The molecule has 0 N–H and O–H groups in total. The normalized spacial score (nSPS) is 10.2. The van der Waals surface area contributed by atoms with E-state index in [2.05, 4.69) is 4.74 Å². The number of carbonyl (C=O) groups excluding carboxylic acids is 2. The maximum atomic E-state index is 13.0. The second-order valence-corrected chi connectivity index (χ2v) is 4.13. The molecule has 0 atom stereocenters. The largest absolute Gasteiger partial charge is 0.464 e. The fourth-order valence-corrected chi connectivity index (χ4v) is 1.93. The average molecular weight is 291 g/mol. The third-order valence-corrected chi connectivity index (χ3v) is 2.84. The molecule has 0 unspecified atom stereocenters. The molecule has 0 amide bonds. The van der Waals surface area contributed by atoms with Gasteiger partial charge in [-0.3, -0.25) is 4.57 Å². The van der Waals surface area contributed by atoms with Crippen LogP contribution in [0.25, 0.3) is 5.69 Å². The number of benzene rings is 1. The van der Waals surface area contributed by atoms with Gasteiger partial charge in [0.05, 0.1) is 13.7 Å². The van der Waals surface area contributed by atoms with Gasteiger partial charge in [-0.1, -0.05) is 0 Å². The Hall–Kier alpha value is -2.63. The van der Waals surface area contributed by atoms with E-state index in [1.165, 1.54) is 48.1 Å². The molecule has 2 aromatic rings. The fourth-order valence-electron chi connectivity index (χ4n) is 1.93. The Labute approximate surface area is 120 Å². The highest BCUT2D eigenvalue weighted by atomic mass is 19.1. The summed E-state index contributed by atoms with van der Waals surface area (Å²) < 4.78 is 24.1. The van der Waals surface area contributed by atoms with Gasteiger partial charge in [0.25, 0.3) is 0 Å². The molecule has 1 heterocycles. The number of rotatable bonds is 4. The average Bonchev–Trinajstić information content (AvgIpc) is 2.92. The fraction of sp³-hybridized carbons (Fsp3) is 0.200. The van der Waals surface area contributed by atoms with Crippen molar-refractivity contribution < 1.29 is 23.5 Å². The molecule has 0 aliphatic heterocycles. The predicted molar refractivity (Wildman–Crippen MR) is 73.0 cm³/mol. The first-order chi connectivity index (χ1) is 10.1. The van der Waals surface area contributed by atoms with E-state index in [0.29, 0.717) is 5.69 Å². The molecule has 1 aromatic heterocycles. The van der Waals surface area contributed by atoms with Crippen molar-refractivity contribution >= 4 is 11.9 Å². The van der Waals surface area contributed by atoms with Crippen LogP contribution in [-0.4, -0.2) is 30.2 Å². The van der Waals surface area contributed by atoms with Crippen molar-refractivity contribution in [2.45, 2.75) is 6.92 Å². The van der Waals surface area contributed by atoms with Crippen molar-refractivity contribution in [3.63, 3.8) is 0 Å². The molecule has 0 spiro atoms. The summed E-state index contributed by atoms with van der Waals surface area (Å²) in [7, 11) is 1.24. The van der Waals surface area contributed by atoms with E-state index in [9.17, 15) is 14.0 Å². The molecule has 2 rings (SSSR count). The van der Waals surface area contributed by atoms with E-state index in [-0.39, 0.29) is 18.0 Å². The van der Waals surface area contributed by atoms with Gasteiger partial charge in [-0.2, -0.15) is 0 Å². The van der Waals surface area contributed by atoms with Crippen molar-refractivity contribution in [3.05, 3.63) is 53.6 Å². The maximum absolute atomic E-state index is 13.0. The summed E-state index contributed by atoms with van der Waals surface area (Å²) in [5.74, 6) is -1.59. The third kappa shape index (κ3) is 2.94. The van der Waals surface area contributed by atoms with E-state index in [0.717, 1.165) is 0 Å². The Morgan fingerprint density at radius 2 is 1.62 bits per heavy atom. The van der Waals surface area contributed by atoms with Crippen LogP contribution >= 0.6 is 0 Å². The monoisotopic (exact) mass is 291 g/mol. The van der Waals surface area contributed by atoms with Crippen LogP contribution < -0.4 is 0 Å². The lowest BCUT2D eigenvalue weighted by atomic mass is 10.3. The minimum Gasteiger partial charge on any atom is -0.464 e. The topological polar surface area (TPSA) is 57.5 Å². The Morgan fingerprint density at radius 3 is 2.14 bits per heavy atom. The zero-order valence-corrected chi connectivity index (χ0v) is 11.6. The van der Waals surface area contributed by atoms with Gasteiger partial charge in [-0.15, -0.1) is 0 Å². The molecule has 5 nitrogen and oxygen atoms in total. The van der Waals surface area contributed by atoms with E-state index in [1.54, 1.807) is 6.92 Å². The molecule has 110 valence electrons. The van der Waals surface area contributed by atoms with Gasteiger partial charge >= 0.3 is 11.9 Å². The standard InChI is InChI=1S/C15H14FNO4/c1-3-21-15(19)13-9-8-12(14(18)20-2)17(13)11-6-4-10(16)5-7-11/h4-9H,3H2,1-2H3. The molecule has 0 fully saturated rings. The Morgan fingerprint density at radius 1 is 1.05 bits per heavy atom. The van der Waals surface area contributed by atoms with E-state index in [1.807, 2.05) is 0 Å². The number of nitrogens with zero attached hydrogens (tertiary/aromatic N) is 1. The van der Waals surface area contributed by atoms with Crippen LogP contribution in [0.15, 0.2) is 36.4 Å². The van der Waals surface area contributed by atoms with Crippen LogP contribution in [-0.2, 0) is 9.47 Å². The van der Waals surface area contributed by atoms with Crippen molar-refractivity contribution in [1.82, 2.24) is 4.57 Å². The highest BCUT2D eigenvalue weighted by Crippen LogP contribution is 2.19. The first kappa shape index (κ1) is 14.8. The number of esters is 2. The summed E-state index contributed by atoms with van der Waals surface area (Å²) in [6, 6.07) is 8.33. The quantitative estimate of drug-likeness (QED) is 0.812. The van der Waals surface area contributed by atoms with Crippen molar-refractivity contribution in [1.29, 1.82) is 0 Å². The minimum atomic E-state index is -0.602. The summed E-state index contributed by atoms with van der Waals surface area (Å²) in [6.07, 6.45) is 0. The number of hydrogen-bond acceptors (Lipinski definition) is 4. The van der Waals surface area contributed by atoms with Crippen LogP contribution in [0.2, 0.25) is 0 Å². The number of halogens is 1. The predicted octanol–water partition coefficient (Wildman–Crippen LogP) is 2.58. The van der Waals surface area contributed by atoms with Gasteiger partial charge in [-0.25, -0.2) is 14.0 Å². The van der Waals surface area contributed by atoms with Crippen molar-refractivity contribution in [3.8, 4) is 5.69 Å². The molecule has 0 radical (unpaired) electrons. The molecular formula is C15H14FNO4. The summed E-state index contributed by atoms with van der Waals surface area (Å²) in [5, 5.41) is 0. The smallest absolute Gasteiger partial charge is 0.355 e. The highest BCUT2D eigenvalue weighted by molar-refractivity contribution is 5.94. The van der Waals surface area contributed by atoms with Gasteiger partial charge < -0.3 is 9.47 Å². The molecule has 0 saturated heterocycles. The van der Waals surface area contributed by atoms with Crippen LogP contribution in [0, 0.1) is 5.82 Å². The van der Waals surface area contributed by atoms with E-state index in [4.69, 9.17) is 4.74 Å². The van der Waals surface area contributed by atoms with E-state index < -0.39 is 17.8 Å². The molecule has 0 saturated carbocycles. The summed E-state index contributed by atoms with van der Waals surface area (Å²) in [5.41, 5.74) is 0.792. The second kappa shape index (κ2) is 6.21. The van der Waals surface area contributed by atoms with Gasteiger partial charge in [0.2, 0.25) is 0 Å². The van der Waals surface area contributed by atoms with Crippen LogP contribution in [0.1, 0.15) is 27.9 Å². The Kier molecular flexibility index (Phi) is 4.37. The summed E-state index contributed by atoms with van der Waals surface area (Å²) >= 11 is 0. The van der Waals surface area contributed by atoms with Crippen LogP contribution in [0.4, 0.5) is 4.39 Å². The lowest BCUT2D eigenvalue weighted by Gasteiger charge is -2.11. The Balaban J connectivity index is 2.58. The highest BCUT2D eigenvalue weighted by Gasteiger charge is 2.21. The van der Waals surface area contributed by atoms with Crippen LogP contribution in [0.5, 0.6) is 0 Å². The molecule has 21 heavy (non-hydrogen) atoms. The van der Waals surface area contributed by atoms with Gasteiger partial charge in [0.1, 0.15) is 17.2 Å². The Bertz CT molecular complexity index is 661. The maximum Gasteiger partial charge on any atom is 0.355 e. The van der Waals surface area contributed by atoms with Gasteiger partial charge in [-0.05, 0) is 43.3 Å². The molecule has 0 bridgehead atoms. The molecule has 0 aliphatic rings. The summed E-state index contributed by atoms with van der Waals surface area (Å²) in [6.45, 7) is 1.89. The SMILES string of the molecule is CCOC(=O)c1ccc(C(=O)OC)n1-c1ccc(F)cc1. The lowest BCUT2D eigenvalue weighted by Crippen LogP contribution is -2.15. The van der Waals surface area contributed by atoms with Crippen molar-refractivity contribution in [2.24, 2.45) is 0 Å². The molecule has 0 aliphatic carbocycles. The first-order valence-corrected chi connectivity index (χ1v) is 6.31. The number of aromatic nitrogens is 1. The first-order valence-electron chi connectivity index (χ1n) is 6.31. The van der Waals surface area contributed by atoms with Crippen molar-refractivity contribution in [2.75, 3.05) is 13.7 Å². The number of methoxy groups -OCH3 is 1. The molecule has 6 heteroatoms.